The second-order valence-corrected chi connectivity index (χ2v) is 3.92. The number of nitrogen functional groups attached to an aromatic ring is 1. The van der Waals surface area contributed by atoms with Crippen molar-refractivity contribution in [2.45, 2.75) is 19.9 Å². The van der Waals surface area contributed by atoms with Gasteiger partial charge in [-0.1, -0.05) is 6.92 Å². The zero-order valence-electron chi connectivity index (χ0n) is 10.1. The number of nitrogens with zero attached hydrogens (tertiary/aromatic N) is 4. The molecule has 2 aromatic heterocycles. The van der Waals surface area contributed by atoms with E-state index in [0.717, 1.165) is 23.4 Å². The summed E-state index contributed by atoms with van der Waals surface area (Å²) in [5.74, 6) is 0.556. The van der Waals surface area contributed by atoms with Crippen molar-refractivity contribution in [3.05, 3.63) is 18.0 Å². The molecule has 0 fully saturated rings. The lowest BCUT2D eigenvalue weighted by atomic mass is 10.1. The zero-order valence-corrected chi connectivity index (χ0v) is 10.1. The van der Waals surface area contributed by atoms with Gasteiger partial charge >= 0.3 is 0 Å². The molecule has 0 unspecified atom stereocenters. The number of hydrogen-bond donors (Lipinski definition) is 2. The molecule has 3 N–H and O–H groups in total. The molecule has 0 atom stereocenters. The Labute approximate surface area is 99.7 Å². The summed E-state index contributed by atoms with van der Waals surface area (Å²) in [5, 5.41) is 17.6. The molecule has 0 saturated carbocycles. The smallest absolute Gasteiger partial charge is 0.122 e. The van der Waals surface area contributed by atoms with Crippen molar-refractivity contribution in [1.29, 1.82) is 0 Å². The maximum Gasteiger partial charge on any atom is 0.122 e. The standard InChI is InChI=1S/C11H17N5O/c1-3-9-8(7-15(2)13-9)10-6-11(12)16(14-10)4-5-17/h6-7,17H,3-5,12H2,1-2H3. The van der Waals surface area contributed by atoms with Gasteiger partial charge in [-0.2, -0.15) is 10.2 Å². The Balaban J connectivity index is 2.42. The van der Waals surface area contributed by atoms with Gasteiger partial charge in [-0.3, -0.25) is 4.68 Å². The molecule has 0 bridgehead atoms. The molecule has 0 aliphatic carbocycles. The Morgan fingerprint density at radius 1 is 1.41 bits per heavy atom. The van der Waals surface area contributed by atoms with Crippen LogP contribution in [0.3, 0.4) is 0 Å². The molecular weight excluding hydrogens is 218 g/mol. The van der Waals surface area contributed by atoms with Crippen LogP contribution in [0.1, 0.15) is 12.6 Å². The summed E-state index contributed by atoms with van der Waals surface area (Å²) in [6, 6.07) is 1.81. The summed E-state index contributed by atoms with van der Waals surface area (Å²) in [6.07, 6.45) is 2.78. The van der Waals surface area contributed by atoms with E-state index in [4.69, 9.17) is 10.8 Å². The van der Waals surface area contributed by atoms with E-state index in [1.54, 1.807) is 9.36 Å². The van der Waals surface area contributed by atoms with Crippen LogP contribution in [0.4, 0.5) is 5.82 Å². The van der Waals surface area contributed by atoms with E-state index in [-0.39, 0.29) is 6.61 Å². The van der Waals surface area contributed by atoms with Gasteiger partial charge < -0.3 is 10.8 Å². The van der Waals surface area contributed by atoms with E-state index < -0.39 is 0 Å². The predicted octanol–water partition coefficient (Wildman–Crippen LogP) is 0.421. The van der Waals surface area contributed by atoms with E-state index in [0.29, 0.717) is 12.4 Å². The average Bonchev–Trinajstić information content (AvgIpc) is 2.83. The van der Waals surface area contributed by atoms with E-state index in [1.807, 2.05) is 19.3 Å². The highest BCUT2D eigenvalue weighted by molar-refractivity contribution is 5.64. The first-order chi connectivity index (χ1) is 8.15. The molecule has 92 valence electrons. The fraction of sp³-hybridized carbons (Fsp3) is 0.455. The molecule has 6 heteroatoms. The van der Waals surface area contributed by atoms with Crippen LogP contribution in [-0.2, 0) is 20.0 Å². The minimum atomic E-state index is 0.0268. The minimum absolute atomic E-state index is 0.0268. The Kier molecular flexibility index (Phi) is 3.14. The highest BCUT2D eigenvalue weighted by atomic mass is 16.3. The maximum atomic E-state index is 8.90. The molecule has 0 saturated heterocycles. The van der Waals surface area contributed by atoms with E-state index >= 15 is 0 Å². The van der Waals surface area contributed by atoms with Crippen molar-refractivity contribution in [3.63, 3.8) is 0 Å². The van der Waals surface area contributed by atoms with Crippen LogP contribution in [0, 0.1) is 0 Å². The van der Waals surface area contributed by atoms with Crippen molar-refractivity contribution < 1.29 is 5.11 Å². The normalized spacial score (nSPS) is 11.0. The number of aryl methyl sites for hydroxylation is 2. The highest BCUT2D eigenvalue weighted by Crippen LogP contribution is 2.23. The number of aromatic nitrogens is 4. The second-order valence-electron chi connectivity index (χ2n) is 3.92. The Hall–Kier alpha value is -1.82. The van der Waals surface area contributed by atoms with Gasteiger partial charge in [0.05, 0.1) is 24.5 Å². The second kappa shape index (κ2) is 4.58. The third-order valence-corrected chi connectivity index (χ3v) is 2.64. The van der Waals surface area contributed by atoms with Crippen LogP contribution in [0.2, 0.25) is 0 Å². The number of rotatable bonds is 4. The molecule has 2 heterocycles. The first-order valence-electron chi connectivity index (χ1n) is 5.62. The minimum Gasteiger partial charge on any atom is -0.394 e. The Morgan fingerprint density at radius 3 is 2.82 bits per heavy atom. The average molecular weight is 235 g/mol. The lowest BCUT2D eigenvalue weighted by Crippen LogP contribution is -2.07. The summed E-state index contributed by atoms with van der Waals surface area (Å²) >= 11 is 0. The van der Waals surface area contributed by atoms with Gasteiger partial charge in [0.15, 0.2) is 0 Å². The SMILES string of the molecule is CCc1nn(C)cc1-c1cc(N)n(CCO)n1. The fourth-order valence-corrected chi connectivity index (χ4v) is 1.85. The van der Waals surface area contributed by atoms with Crippen molar-refractivity contribution >= 4 is 5.82 Å². The number of aliphatic hydroxyl groups is 1. The molecule has 2 rings (SSSR count). The molecule has 6 nitrogen and oxygen atoms in total. The Bertz CT molecular complexity index is 514. The van der Waals surface area contributed by atoms with E-state index in [9.17, 15) is 0 Å². The van der Waals surface area contributed by atoms with Crippen LogP contribution >= 0.6 is 0 Å². The predicted molar refractivity (Wildman–Crippen MR) is 65.3 cm³/mol. The van der Waals surface area contributed by atoms with Crippen LogP contribution < -0.4 is 5.73 Å². The number of anilines is 1. The van der Waals surface area contributed by atoms with Crippen LogP contribution in [0.25, 0.3) is 11.3 Å². The number of nitrogens with two attached hydrogens (primary N) is 1. The molecule has 0 aromatic carbocycles. The molecule has 0 radical (unpaired) electrons. The third-order valence-electron chi connectivity index (χ3n) is 2.64. The van der Waals surface area contributed by atoms with Crippen LogP contribution in [0.15, 0.2) is 12.3 Å². The Morgan fingerprint density at radius 2 is 2.18 bits per heavy atom. The zero-order chi connectivity index (χ0) is 12.4. The monoisotopic (exact) mass is 235 g/mol. The van der Waals surface area contributed by atoms with Gasteiger partial charge in [0.2, 0.25) is 0 Å². The molecule has 0 amide bonds. The number of aliphatic hydroxyl groups excluding tert-OH is 1. The summed E-state index contributed by atoms with van der Waals surface area (Å²) < 4.78 is 3.37. The lowest BCUT2D eigenvalue weighted by Gasteiger charge is -1.99. The fourth-order valence-electron chi connectivity index (χ4n) is 1.85. The highest BCUT2D eigenvalue weighted by Gasteiger charge is 2.13. The van der Waals surface area contributed by atoms with Crippen LogP contribution in [0.5, 0.6) is 0 Å². The lowest BCUT2D eigenvalue weighted by molar-refractivity contribution is 0.270. The summed E-state index contributed by atoms with van der Waals surface area (Å²) in [4.78, 5) is 0. The van der Waals surface area contributed by atoms with Crippen molar-refractivity contribution in [2.24, 2.45) is 7.05 Å². The molecule has 0 spiro atoms. The molecule has 2 aromatic rings. The van der Waals surface area contributed by atoms with Gasteiger partial charge in [0, 0.05) is 24.9 Å². The summed E-state index contributed by atoms with van der Waals surface area (Å²) in [7, 11) is 1.89. The summed E-state index contributed by atoms with van der Waals surface area (Å²) in [6.45, 7) is 2.49. The van der Waals surface area contributed by atoms with Crippen molar-refractivity contribution in [2.75, 3.05) is 12.3 Å². The van der Waals surface area contributed by atoms with Crippen LogP contribution in [-0.4, -0.2) is 31.3 Å². The molecule has 17 heavy (non-hydrogen) atoms. The topological polar surface area (TPSA) is 81.9 Å². The van der Waals surface area contributed by atoms with Crippen molar-refractivity contribution in [3.8, 4) is 11.3 Å². The van der Waals surface area contributed by atoms with Gasteiger partial charge in [0.25, 0.3) is 0 Å². The van der Waals surface area contributed by atoms with Gasteiger partial charge in [-0.05, 0) is 6.42 Å². The van der Waals surface area contributed by atoms with E-state index in [1.165, 1.54) is 0 Å². The number of hydrogen-bond acceptors (Lipinski definition) is 4. The van der Waals surface area contributed by atoms with Gasteiger partial charge in [-0.25, -0.2) is 4.68 Å². The third kappa shape index (κ3) is 2.16. The van der Waals surface area contributed by atoms with Gasteiger partial charge in [0.1, 0.15) is 5.82 Å². The first kappa shape index (κ1) is 11.7. The molecule has 0 aliphatic rings. The van der Waals surface area contributed by atoms with Gasteiger partial charge in [-0.15, -0.1) is 0 Å². The largest absolute Gasteiger partial charge is 0.394 e. The maximum absolute atomic E-state index is 8.90. The molecular formula is C11H17N5O. The first-order valence-corrected chi connectivity index (χ1v) is 5.62. The van der Waals surface area contributed by atoms with Crippen molar-refractivity contribution in [1.82, 2.24) is 19.6 Å². The quantitative estimate of drug-likeness (QED) is 0.804. The molecule has 0 aliphatic heterocycles. The van der Waals surface area contributed by atoms with E-state index in [2.05, 4.69) is 17.1 Å². The summed E-state index contributed by atoms with van der Waals surface area (Å²) in [5.41, 5.74) is 8.63.